The summed E-state index contributed by atoms with van der Waals surface area (Å²) in [5, 5.41) is 2.98. The molecular formula is C22H26N6O3S. The third-order valence-corrected chi connectivity index (χ3v) is 7.23. The van der Waals surface area contributed by atoms with E-state index in [4.69, 9.17) is 0 Å². The molecule has 1 aliphatic heterocycles. The molecule has 1 amide bonds. The van der Waals surface area contributed by atoms with E-state index in [9.17, 15) is 14.4 Å². The molecule has 3 aromatic heterocycles. The maximum Gasteiger partial charge on any atom is 0.328 e. The Morgan fingerprint density at radius 1 is 1.22 bits per heavy atom. The number of fused-ring (bicyclic) bond motifs is 1. The van der Waals surface area contributed by atoms with Gasteiger partial charge in [-0.25, -0.2) is 9.78 Å². The number of piperazine rings is 1. The van der Waals surface area contributed by atoms with E-state index >= 15 is 0 Å². The summed E-state index contributed by atoms with van der Waals surface area (Å²) >= 11 is 1.45. The van der Waals surface area contributed by atoms with Crippen molar-refractivity contribution in [1.82, 2.24) is 24.8 Å². The van der Waals surface area contributed by atoms with Gasteiger partial charge >= 0.3 is 5.69 Å². The van der Waals surface area contributed by atoms with Gasteiger partial charge in [0.15, 0.2) is 0 Å². The topological polar surface area (TPSA) is 103 Å². The number of rotatable bonds is 5. The van der Waals surface area contributed by atoms with Crippen LogP contribution in [0.4, 0.5) is 5.69 Å². The van der Waals surface area contributed by atoms with E-state index in [2.05, 4.69) is 25.1 Å². The van der Waals surface area contributed by atoms with Crippen molar-refractivity contribution in [2.45, 2.75) is 32.4 Å². The zero-order chi connectivity index (χ0) is 22.4. The summed E-state index contributed by atoms with van der Waals surface area (Å²) in [5.41, 5.74) is 2.39. The highest BCUT2D eigenvalue weighted by atomic mass is 32.1. The van der Waals surface area contributed by atoms with E-state index in [-0.39, 0.29) is 17.2 Å². The zero-order valence-corrected chi connectivity index (χ0v) is 19.0. The van der Waals surface area contributed by atoms with Crippen LogP contribution in [-0.4, -0.2) is 57.6 Å². The fourth-order valence-electron chi connectivity index (χ4n) is 4.08. The number of hydrogen-bond acceptors (Lipinski definition) is 7. The van der Waals surface area contributed by atoms with E-state index in [0.717, 1.165) is 66.4 Å². The molecule has 9 nitrogen and oxygen atoms in total. The summed E-state index contributed by atoms with van der Waals surface area (Å²) in [6.45, 7) is 6.18. The highest BCUT2D eigenvalue weighted by Crippen LogP contribution is 2.25. The van der Waals surface area contributed by atoms with Crippen molar-refractivity contribution in [2.75, 3.05) is 31.1 Å². The summed E-state index contributed by atoms with van der Waals surface area (Å²) < 4.78 is 1.70. The normalized spacial score (nSPS) is 17.1. The molecule has 32 heavy (non-hydrogen) atoms. The molecule has 1 aliphatic carbocycles. The molecule has 0 radical (unpaired) electrons. The molecular weight excluding hydrogens is 428 g/mol. The van der Waals surface area contributed by atoms with Crippen molar-refractivity contribution in [1.29, 1.82) is 0 Å². The molecule has 2 N–H and O–H groups in total. The highest BCUT2D eigenvalue weighted by molar-refractivity contribution is 7.18. The van der Waals surface area contributed by atoms with Crippen LogP contribution in [0.1, 0.15) is 33.9 Å². The fraction of sp³-hybridized carbons (Fsp3) is 0.455. The van der Waals surface area contributed by atoms with Crippen molar-refractivity contribution < 1.29 is 4.79 Å². The summed E-state index contributed by atoms with van der Waals surface area (Å²) in [4.78, 5) is 49.4. The first-order valence-electron chi connectivity index (χ1n) is 10.9. The third kappa shape index (κ3) is 4.07. The molecule has 1 saturated heterocycles. The second kappa shape index (κ2) is 8.18. The number of pyridine rings is 1. The van der Waals surface area contributed by atoms with Crippen LogP contribution in [-0.2, 0) is 13.6 Å². The van der Waals surface area contributed by atoms with E-state index in [1.807, 2.05) is 25.1 Å². The molecule has 0 unspecified atom stereocenters. The summed E-state index contributed by atoms with van der Waals surface area (Å²) in [7, 11) is 1.49. The van der Waals surface area contributed by atoms with Gasteiger partial charge in [0, 0.05) is 50.7 Å². The Kier molecular flexibility index (Phi) is 5.34. The molecule has 0 bridgehead atoms. The minimum Gasteiger partial charge on any atom is -0.368 e. The van der Waals surface area contributed by atoms with Gasteiger partial charge in [0.1, 0.15) is 10.4 Å². The lowest BCUT2D eigenvalue weighted by Gasteiger charge is -2.36. The van der Waals surface area contributed by atoms with E-state index in [1.54, 1.807) is 0 Å². The van der Waals surface area contributed by atoms with Crippen LogP contribution in [0, 0.1) is 6.92 Å². The van der Waals surface area contributed by atoms with E-state index < -0.39 is 0 Å². The Labute approximate surface area is 188 Å². The monoisotopic (exact) mass is 454 g/mol. The number of nitrogens with one attached hydrogen (secondary N) is 2. The van der Waals surface area contributed by atoms with Gasteiger partial charge in [0.05, 0.1) is 16.9 Å². The molecule has 1 saturated carbocycles. The van der Waals surface area contributed by atoms with Crippen LogP contribution in [0.2, 0.25) is 0 Å². The Hall–Kier alpha value is -2.98. The predicted molar refractivity (Wildman–Crippen MR) is 125 cm³/mol. The van der Waals surface area contributed by atoms with Gasteiger partial charge < -0.3 is 15.2 Å². The van der Waals surface area contributed by atoms with Gasteiger partial charge in [-0.05, 0) is 38.0 Å². The lowest BCUT2D eigenvalue weighted by atomic mass is 10.2. The SMILES string of the molecule is Cc1nc(C(=O)NC2CC2)ccc1N1CCN(Cc2cc3[nH]c(=O)n(C)c(=O)c3s2)CC1. The van der Waals surface area contributed by atoms with Gasteiger partial charge in [-0.1, -0.05) is 0 Å². The van der Waals surface area contributed by atoms with Crippen molar-refractivity contribution in [3.05, 3.63) is 55.3 Å². The number of hydrogen-bond donors (Lipinski definition) is 2. The Morgan fingerprint density at radius 2 is 1.97 bits per heavy atom. The van der Waals surface area contributed by atoms with Crippen molar-refractivity contribution in [2.24, 2.45) is 7.05 Å². The third-order valence-electron chi connectivity index (χ3n) is 6.12. The molecule has 10 heteroatoms. The molecule has 168 valence electrons. The number of aryl methyl sites for hydroxylation is 1. The minimum atomic E-state index is -0.388. The van der Waals surface area contributed by atoms with Gasteiger partial charge in [-0.15, -0.1) is 11.3 Å². The van der Waals surface area contributed by atoms with Crippen LogP contribution in [0.3, 0.4) is 0 Å². The van der Waals surface area contributed by atoms with Crippen molar-refractivity contribution in [3.8, 4) is 0 Å². The lowest BCUT2D eigenvalue weighted by Crippen LogP contribution is -2.46. The van der Waals surface area contributed by atoms with Crippen molar-refractivity contribution in [3.63, 3.8) is 0 Å². The van der Waals surface area contributed by atoms with E-state index in [1.165, 1.54) is 18.4 Å². The Balaban J connectivity index is 1.23. The van der Waals surface area contributed by atoms with E-state index in [0.29, 0.717) is 22.0 Å². The predicted octanol–water partition coefficient (Wildman–Crippen LogP) is 1.21. The summed E-state index contributed by atoms with van der Waals surface area (Å²) in [5.74, 6) is -0.0912. The molecule has 0 spiro atoms. The minimum absolute atomic E-state index is 0.0912. The molecule has 2 fully saturated rings. The zero-order valence-electron chi connectivity index (χ0n) is 18.2. The first kappa shape index (κ1) is 20.9. The largest absolute Gasteiger partial charge is 0.368 e. The number of thiophene rings is 1. The van der Waals surface area contributed by atoms with Gasteiger partial charge in [0.25, 0.3) is 11.5 Å². The standard InChI is InChI=1S/C22H26N6O3S/c1-13-18(6-5-16(23-13)20(29)24-14-3-4-14)28-9-7-27(8-10-28)12-15-11-17-19(32-15)21(30)26(2)22(31)25-17/h5-6,11,14H,3-4,7-10,12H2,1-2H3,(H,24,29)(H,25,31). The number of aromatic amines is 1. The molecule has 2 aliphatic rings. The average Bonchev–Trinajstić information content (AvgIpc) is 3.50. The fourth-order valence-corrected chi connectivity index (χ4v) is 5.21. The average molecular weight is 455 g/mol. The number of carbonyl (C=O) groups is 1. The molecule has 0 aromatic carbocycles. The van der Waals surface area contributed by atoms with Crippen LogP contribution >= 0.6 is 11.3 Å². The lowest BCUT2D eigenvalue weighted by molar-refractivity contribution is 0.0946. The highest BCUT2D eigenvalue weighted by Gasteiger charge is 2.25. The molecule has 0 atom stereocenters. The number of anilines is 1. The quantitative estimate of drug-likeness (QED) is 0.601. The van der Waals surface area contributed by atoms with Crippen molar-refractivity contribution >= 4 is 33.1 Å². The molecule has 3 aromatic rings. The second-order valence-corrected chi connectivity index (χ2v) is 9.70. The van der Waals surface area contributed by atoms with Crippen LogP contribution < -0.4 is 21.5 Å². The second-order valence-electron chi connectivity index (χ2n) is 8.56. The first-order chi connectivity index (χ1) is 15.4. The number of aromatic nitrogens is 3. The maximum absolute atomic E-state index is 12.3. The van der Waals surface area contributed by atoms with Crippen LogP contribution in [0.25, 0.3) is 10.2 Å². The molecule has 5 rings (SSSR count). The Morgan fingerprint density at radius 3 is 2.66 bits per heavy atom. The van der Waals surface area contributed by atoms with Crippen LogP contribution in [0.15, 0.2) is 27.8 Å². The van der Waals surface area contributed by atoms with Crippen LogP contribution in [0.5, 0.6) is 0 Å². The smallest absolute Gasteiger partial charge is 0.328 e. The maximum atomic E-state index is 12.3. The van der Waals surface area contributed by atoms with Gasteiger partial charge in [-0.2, -0.15) is 0 Å². The number of amides is 1. The number of carbonyl (C=O) groups excluding carboxylic acids is 1. The van der Waals surface area contributed by atoms with Gasteiger partial charge in [0.2, 0.25) is 0 Å². The number of nitrogens with zero attached hydrogens (tertiary/aromatic N) is 4. The summed E-state index contributed by atoms with van der Waals surface area (Å²) in [6.07, 6.45) is 2.12. The molecule has 4 heterocycles. The Bertz CT molecular complexity index is 1300. The first-order valence-corrected chi connectivity index (χ1v) is 11.7. The summed E-state index contributed by atoms with van der Waals surface area (Å²) in [6, 6.07) is 6.04. The van der Waals surface area contributed by atoms with Gasteiger partial charge in [-0.3, -0.25) is 19.1 Å². The number of H-pyrrole nitrogens is 1.